The molecule has 4 rings (SSSR count). The molecule has 1 unspecified atom stereocenters. The van der Waals surface area contributed by atoms with Gasteiger partial charge in [-0.15, -0.1) is 0 Å². The Bertz CT molecular complexity index is 1230. The second kappa shape index (κ2) is 8.66. The summed E-state index contributed by atoms with van der Waals surface area (Å²) in [5.41, 5.74) is 1.56. The fraction of sp³-hybridized carbons (Fsp3) is 0.280. The molecule has 178 valence electrons. The van der Waals surface area contributed by atoms with E-state index in [0.29, 0.717) is 5.56 Å². The molecule has 0 aromatic heterocycles. The number of amides is 2. The first kappa shape index (κ1) is 23.6. The maximum atomic E-state index is 13.9. The van der Waals surface area contributed by atoms with Crippen molar-refractivity contribution in [2.24, 2.45) is 0 Å². The molecule has 0 bridgehead atoms. The van der Waals surface area contributed by atoms with E-state index in [-0.39, 0.29) is 35.0 Å². The van der Waals surface area contributed by atoms with Gasteiger partial charge in [-0.25, -0.2) is 8.78 Å². The van der Waals surface area contributed by atoms with Crippen LogP contribution in [0.5, 0.6) is 0 Å². The lowest BCUT2D eigenvalue weighted by Gasteiger charge is -2.24. The van der Waals surface area contributed by atoms with Crippen LogP contribution in [0.3, 0.4) is 0 Å². The molecule has 9 heteroatoms. The van der Waals surface area contributed by atoms with E-state index < -0.39 is 35.9 Å². The van der Waals surface area contributed by atoms with Crippen LogP contribution in [0.4, 0.5) is 14.5 Å². The number of benzene rings is 2. The smallest absolute Gasteiger partial charge is 0.260 e. The van der Waals surface area contributed by atoms with Crippen LogP contribution in [0.1, 0.15) is 35.3 Å². The van der Waals surface area contributed by atoms with Crippen LogP contribution in [0, 0.1) is 11.6 Å². The summed E-state index contributed by atoms with van der Waals surface area (Å²) in [4.78, 5) is 26.5. The lowest BCUT2D eigenvalue weighted by atomic mass is 9.91. The van der Waals surface area contributed by atoms with Gasteiger partial charge in [0.2, 0.25) is 0 Å². The Morgan fingerprint density at radius 1 is 1.18 bits per heavy atom. The fourth-order valence-corrected chi connectivity index (χ4v) is 4.10. The number of hydrogen-bond acceptors (Lipinski definition) is 5. The van der Waals surface area contributed by atoms with Crippen LogP contribution < -0.4 is 5.32 Å². The monoisotopic (exact) mass is 470 g/mol. The summed E-state index contributed by atoms with van der Waals surface area (Å²) in [5.74, 6) is -2.71. The number of nitrogens with one attached hydrogen (secondary N) is 1. The van der Waals surface area contributed by atoms with E-state index in [0.717, 1.165) is 23.3 Å². The molecule has 2 aromatic carbocycles. The van der Waals surface area contributed by atoms with E-state index in [4.69, 9.17) is 9.84 Å². The van der Waals surface area contributed by atoms with Crippen LogP contribution in [0.2, 0.25) is 0 Å². The van der Waals surface area contributed by atoms with Crippen LogP contribution in [-0.2, 0) is 9.53 Å². The van der Waals surface area contributed by atoms with Crippen LogP contribution in [0.15, 0.2) is 48.2 Å². The van der Waals surface area contributed by atoms with E-state index in [2.05, 4.69) is 5.32 Å². The SMILES string of the molecule is CN(CC(O)CO)C(=O)c1ccc(C2=C/C(=C3\C(=O)Nc4cc(F)c(F)cc43)OC2(C)C)cc1. The summed E-state index contributed by atoms with van der Waals surface area (Å²) < 4.78 is 33.5. The van der Waals surface area contributed by atoms with Crippen molar-refractivity contribution in [1.29, 1.82) is 0 Å². The van der Waals surface area contributed by atoms with Gasteiger partial charge in [-0.1, -0.05) is 12.1 Å². The van der Waals surface area contributed by atoms with Crippen LogP contribution in [0.25, 0.3) is 11.1 Å². The Morgan fingerprint density at radius 3 is 2.47 bits per heavy atom. The van der Waals surface area contributed by atoms with Gasteiger partial charge < -0.3 is 25.2 Å². The minimum atomic E-state index is -1.06. The number of anilines is 1. The first-order valence-corrected chi connectivity index (χ1v) is 10.6. The van der Waals surface area contributed by atoms with Gasteiger partial charge in [0.1, 0.15) is 11.4 Å². The molecule has 34 heavy (non-hydrogen) atoms. The summed E-state index contributed by atoms with van der Waals surface area (Å²) in [6.07, 6.45) is 0.662. The van der Waals surface area contributed by atoms with Crippen molar-refractivity contribution in [3.8, 4) is 0 Å². The number of aliphatic hydroxyl groups excluding tert-OH is 2. The number of halogens is 2. The zero-order valence-corrected chi connectivity index (χ0v) is 18.9. The molecule has 3 N–H and O–H groups in total. The zero-order valence-electron chi connectivity index (χ0n) is 18.9. The highest BCUT2D eigenvalue weighted by Gasteiger charge is 2.38. The Kier molecular flexibility index (Phi) is 6.01. The Hall–Kier alpha value is -3.56. The van der Waals surface area contributed by atoms with Crippen molar-refractivity contribution in [3.05, 3.63) is 76.6 Å². The van der Waals surface area contributed by atoms with Crippen molar-refractivity contribution >= 4 is 28.6 Å². The van der Waals surface area contributed by atoms with Gasteiger partial charge in [0.25, 0.3) is 11.8 Å². The van der Waals surface area contributed by atoms with Gasteiger partial charge >= 0.3 is 0 Å². The van der Waals surface area contributed by atoms with Crippen LogP contribution >= 0.6 is 0 Å². The molecular weight excluding hydrogens is 446 g/mol. The number of likely N-dealkylation sites (N-methyl/N-ethyl adjacent to an activating group) is 1. The molecule has 2 aromatic rings. The van der Waals surface area contributed by atoms with E-state index in [1.165, 1.54) is 11.9 Å². The average molecular weight is 470 g/mol. The quantitative estimate of drug-likeness (QED) is 0.584. The molecule has 2 amide bonds. The lowest BCUT2D eigenvalue weighted by molar-refractivity contribution is -0.111. The number of rotatable bonds is 5. The summed E-state index contributed by atoms with van der Waals surface area (Å²) in [5, 5.41) is 21.1. The normalized spacial score (nSPS) is 19.3. The maximum Gasteiger partial charge on any atom is 0.260 e. The zero-order chi connectivity index (χ0) is 24.8. The standard InChI is InChI=1S/C25H24F2N2O5/c1-25(2)17(13-4-6-14(7-5-13)24(33)29(3)11-15(31)12-30)9-21(34-25)22-16-8-18(26)19(27)10-20(16)28-23(22)32/h4-10,15,30-31H,11-12H2,1-3H3,(H,28,32)/b22-21+. The molecule has 2 aliphatic rings. The predicted molar refractivity (Wildman–Crippen MR) is 122 cm³/mol. The lowest BCUT2D eigenvalue weighted by Crippen LogP contribution is -2.35. The number of ether oxygens (including phenoxy) is 1. The van der Waals surface area contributed by atoms with Crippen molar-refractivity contribution in [2.75, 3.05) is 25.5 Å². The van der Waals surface area contributed by atoms with Crippen molar-refractivity contribution in [3.63, 3.8) is 0 Å². The molecule has 7 nitrogen and oxygen atoms in total. The number of hydrogen-bond donors (Lipinski definition) is 3. The third kappa shape index (κ3) is 4.20. The predicted octanol–water partition coefficient (Wildman–Crippen LogP) is 2.95. The Balaban J connectivity index is 1.66. The minimum Gasteiger partial charge on any atom is -0.482 e. The first-order chi connectivity index (χ1) is 16.0. The highest BCUT2D eigenvalue weighted by molar-refractivity contribution is 6.32. The molecule has 2 heterocycles. The molecule has 1 atom stereocenters. The maximum absolute atomic E-state index is 13.9. The topological polar surface area (TPSA) is 99.1 Å². The Labute approximate surface area is 195 Å². The summed E-state index contributed by atoms with van der Waals surface area (Å²) in [6, 6.07) is 8.66. The summed E-state index contributed by atoms with van der Waals surface area (Å²) >= 11 is 0. The van der Waals surface area contributed by atoms with Gasteiger partial charge in [0.05, 0.1) is 24.0 Å². The molecule has 0 fully saturated rings. The highest BCUT2D eigenvalue weighted by Crippen LogP contribution is 2.44. The molecule has 0 saturated heterocycles. The number of aliphatic hydroxyl groups is 2. The van der Waals surface area contributed by atoms with Crippen molar-refractivity contribution < 1.29 is 33.3 Å². The number of carbonyl (C=O) groups excluding carboxylic acids is 2. The third-order valence-corrected chi connectivity index (χ3v) is 5.83. The second-order valence-corrected chi connectivity index (χ2v) is 8.78. The van der Waals surface area contributed by atoms with Gasteiger partial charge in [-0.05, 0) is 43.7 Å². The van der Waals surface area contributed by atoms with E-state index in [1.807, 2.05) is 13.8 Å². The second-order valence-electron chi connectivity index (χ2n) is 8.78. The number of carbonyl (C=O) groups is 2. The molecule has 0 radical (unpaired) electrons. The highest BCUT2D eigenvalue weighted by atomic mass is 19.2. The van der Waals surface area contributed by atoms with Crippen molar-refractivity contribution in [1.82, 2.24) is 4.90 Å². The van der Waals surface area contributed by atoms with E-state index in [1.54, 1.807) is 30.3 Å². The minimum absolute atomic E-state index is 0.00588. The molecule has 0 aliphatic carbocycles. The van der Waals surface area contributed by atoms with E-state index >= 15 is 0 Å². The van der Waals surface area contributed by atoms with Crippen LogP contribution in [-0.4, -0.2) is 58.8 Å². The van der Waals surface area contributed by atoms with Gasteiger partial charge in [-0.2, -0.15) is 0 Å². The molecule has 0 spiro atoms. The largest absolute Gasteiger partial charge is 0.482 e. The first-order valence-electron chi connectivity index (χ1n) is 10.6. The molecule has 0 saturated carbocycles. The number of fused-ring (bicyclic) bond motifs is 1. The number of nitrogens with zero attached hydrogens (tertiary/aromatic N) is 1. The fourth-order valence-electron chi connectivity index (χ4n) is 4.10. The molecular formula is C25H24F2N2O5. The third-order valence-electron chi connectivity index (χ3n) is 5.83. The average Bonchev–Trinajstić information content (AvgIpc) is 3.27. The van der Waals surface area contributed by atoms with Gasteiger partial charge in [0, 0.05) is 36.4 Å². The summed E-state index contributed by atoms with van der Waals surface area (Å²) in [7, 11) is 1.53. The number of allylic oxidation sites excluding steroid dienone is 1. The van der Waals surface area contributed by atoms with Gasteiger partial charge in [-0.3, -0.25) is 9.59 Å². The van der Waals surface area contributed by atoms with Crippen molar-refractivity contribution in [2.45, 2.75) is 25.6 Å². The Morgan fingerprint density at radius 2 is 1.82 bits per heavy atom. The summed E-state index contributed by atoms with van der Waals surface area (Å²) in [6.45, 7) is 3.18. The van der Waals surface area contributed by atoms with Gasteiger partial charge in [0.15, 0.2) is 11.6 Å². The van der Waals surface area contributed by atoms with E-state index in [9.17, 15) is 23.5 Å². The molecule has 2 aliphatic heterocycles.